The molecular weight excluding hydrogens is 567 g/mol. The summed E-state index contributed by atoms with van der Waals surface area (Å²) in [5.74, 6) is 0.195. The molecule has 0 aliphatic rings. The van der Waals surface area contributed by atoms with Crippen molar-refractivity contribution in [3.8, 4) is 16.4 Å². The van der Waals surface area contributed by atoms with E-state index in [2.05, 4.69) is 18.9 Å². The number of aromatic carboxylic acids is 1. The van der Waals surface area contributed by atoms with Crippen molar-refractivity contribution >= 4 is 58.0 Å². The Labute approximate surface area is 237 Å². The first-order valence-electron chi connectivity index (χ1n) is 11.7. The maximum Gasteiger partial charge on any atom is 0.355 e. The van der Waals surface area contributed by atoms with Crippen LogP contribution in [-0.4, -0.2) is 36.5 Å². The lowest BCUT2D eigenvalue weighted by atomic mass is 10.0. The molecule has 0 spiro atoms. The van der Waals surface area contributed by atoms with Crippen LogP contribution in [0.4, 0.5) is 5.69 Å². The van der Waals surface area contributed by atoms with Crippen LogP contribution >= 0.6 is 46.3 Å². The SMILES string of the molecule is Cc1nn(-c2nc(-c3ccc(Cl)c(Cl)c3)c(SCCC(C)C)s2)c(C(=O)O)c1Cc1ccccc1[N+](=O)[O-]. The smallest absolute Gasteiger partial charge is 0.355 e. The quantitative estimate of drug-likeness (QED) is 0.113. The lowest BCUT2D eigenvalue weighted by Gasteiger charge is -2.05. The van der Waals surface area contributed by atoms with Crippen LogP contribution in [0, 0.1) is 23.0 Å². The zero-order valence-electron chi connectivity index (χ0n) is 20.8. The summed E-state index contributed by atoms with van der Waals surface area (Å²) in [6.45, 7) is 6.00. The van der Waals surface area contributed by atoms with Gasteiger partial charge in [-0.1, -0.05) is 72.7 Å². The molecule has 1 N–H and O–H groups in total. The molecule has 0 aliphatic heterocycles. The van der Waals surface area contributed by atoms with Crippen LogP contribution in [0.1, 0.15) is 47.6 Å². The van der Waals surface area contributed by atoms with Gasteiger partial charge in [0.05, 0.1) is 30.6 Å². The number of halogens is 2. The first-order chi connectivity index (χ1) is 18.1. The fourth-order valence-electron chi connectivity index (χ4n) is 3.86. The van der Waals surface area contributed by atoms with Gasteiger partial charge in [-0.25, -0.2) is 9.78 Å². The summed E-state index contributed by atoms with van der Waals surface area (Å²) in [5, 5.41) is 27.4. The van der Waals surface area contributed by atoms with E-state index in [0.717, 1.165) is 21.9 Å². The van der Waals surface area contributed by atoms with Crippen molar-refractivity contribution in [1.82, 2.24) is 14.8 Å². The Kier molecular flexibility index (Phi) is 8.77. The van der Waals surface area contributed by atoms with Crippen molar-refractivity contribution in [3.05, 3.63) is 85.1 Å². The number of carboxylic acids is 1. The number of para-hydroxylation sites is 1. The minimum atomic E-state index is -1.19. The van der Waals surface area contributed by atoms with Gasteiger partial charge in [0.25, 0.3) is 5.69 Å². The Morgan fingerprint density at radius 1 is 1.21 bits per heavy atom. The molecule has 0 bridgehead atoms. The van der Waals surface area contributed by atoms with E-state index in [1.165, 1.54) is 22.1 Å². The number of carbonyl (C=O) groups is 1. The van der Waals surface area contributed by atoms with E-state index in [-0.39, 0.29) is 17.8 Å². The molecule has 8 nitrogen and oxygen atoms in total. The molecule has 0 atom stereocenters. The summed E-state index contributed by atoms with van der Waals surface area (Å²) >= 11 is 15.4. The summed E-state index contributed by atoms with van der Waals surface area (Å²) in [6, 6.07) is 11.6. The minimum absolute atomic E-state index is 0.0473. The number of aromatic nitrogens is 3. The Hall–Kier alpha value is -2.92. The van der Waals surface area contributed by atoms with Gasteiger partial charge >= 0.3 is 5.97 Å². The first-order valence-corrected chi connectivity index (χ1v) is 14.3. The predicted octanol–water partition coefficient (Wildman–Crippen LogP) is 7.95. The summed E-state index contributed by atoms with van der Waals surface area (Å²) in [4.78, 5) is 28.3. The highest BCUT2D eigenvalue weighted by Crippen LogP contribution is 2.40. The molecule has 4 rings (SSSR count). The molecule has 0 fully saturated rings. The molecule has 0 radical (unpaired) electrons. The average Bonchev–Trinajstić information content (AvgIpc) is 3.42. The normalized spacial score (nSPS) is 11.3. The third kappa shape index (κ3) is 6.04. The number of nitrogens with zero attached hydrogens (tertiary/aromatic N) is 4. The van der Waals surface area contributed by atoms with E-state index in [0.29, 0.717) is 43.6 Å². The molecule has 0 saturated carbocycles. The maximum atomic E-state index is 12.5. The zero-order valence-corrected chi connectivity index (χ0v) is 23.9. The summed E-state index contributed by atoms with van der Waals surface area (Å²) in [7, 11) is 0. The maximum absolute atomic E-state index is 12.5. The lowest BCUT2D eigenvalue weighted by Crippen LogP contribution is -2.10. The van der Waals surface area contributed by atoms with Gasteiger partial charge < -0.3 is 5.11 Å². The Balaban J connectivity index is 1.82. The predicted molar refractivity (Wildman–Crippen MR) is 152 cm³/mol. The Morgan fingerprint density at radius 2 is 1.95 bits per heavy atom. The molecule has 2 aromatic carbocycles. The molecule has 198 valence electrons. The van der Waals surface area contributed by atoms with Crippen LogP contribution in [-0.2, 0) is 6.42 Å². The fourth-order valence-corrected chi connectivity index (χ4v) is 6.72. The molecular formula is C26H24Cl2N4O4S2. The number of hydrogen-bond donors (Lipinski definition) is 1. The molecule has 0 saturated heterocycles. The average molecular weight is 592 g/mol. The summed E-state index contributed by atoms with van der Waals surface area (Å²) in [6.07, 6.45) is 1.05. The lowest BCUT2D eigenvalue weighted by molar-refractivity contribution is -0.385. The van der Waals surface area contributed by atoms with E-state index in [4.69, 9.17) is 28.2 Å². The number of hydrogen-bond acceptors (Lipinski definition) is 7. The molecule has 38 heavy (non-hydrogen) atoms. The number of nitro benzene ring substituents is 1. The summed E-state index contributed by atoms with van der Waals surface area (Å²) < 4.78 is 2.23. The van der Waals surface area contributed by atoms with E-state index >= 15 is 0 Å². The van der Waals surface area contributed by atoms with E-state index in [9.17, 15) is 20.0 Å². The van der Waals surface area contributed by atoms with Gasteiger partial charge in [-0.2, -0.15) is 9.78 Å². The van der Waals surface area contributed by atoms with Crippen LogP contribution < -0.4 is 0 Å². The van der Waals surface area contributed by atoms with Crippen LogP contribution in [0.15, 0.2) is 46.7 Å². The third-order valence-corrected chi connectivity index (χ3v) is 8.89. The Morgan fingerprint density at radius 3 is 2.61 bits per heavy atom. The van der Waals surface area contributed by atoms with E-state index in [1.54, 1.807) is 49.0 Å². The van der Waals surface area contributed by atoms with Crippen molar-refractivity contribution in [3.63, 3.8) is 0 Å². The second kappa shape index (κ2) is 11.9. The van der Waals surface area contributed by atoms with Crippen molar-refractivity contribution in [2.45, 2.75) is 37.8 Å². The second-order valence-corrected chi connectivity index (χ2v) is 12.1. The number of nitro groups is 1. The summed E-state index contributed by atoms with van der Waals surface area (Å²) in [5.41, 5.74) is 2.54. The number of rotatable bonds is 10. The zero-order chi connectivity index (χ0) is 27.6. The van der Waals surface area contributed by atoms with Crippen molar-refractivity contribution in [1.29, 1.82) is 0 Å². The number of benzene rings is 2. The molecule has 12 heteroatoms. The minimum Gasteiger partial charge on any atom is -0.476 e. The second-order valence-electron chi connectivity index (χ2n) is 8.98. The van der Waals surface area contributed by atoms with Gasteiger partial charge in [0.2, 0.25) is 5.13 Å². The van der Waals surface area contributed by atoms with Gasteiger partial charge in [-0.15, -0.1) is 11.8 Å². The van der Waals surface area contributed by atoms with Crippen molar-refractivity contribution < 1.29 is 14.8 Å². The highest BCUT2D eigenvalue weighted by molar-refractivity contribution is 8.01. The topological polar surface area (TPSA) is 111 Å². The highest BCUT2D eigenvalue weighted by Gasteiger charge is 2.27. The van der Waals surface area contributed by atoms with Crippen molar-refractivity contribution in [2.24, 2.45) is 5.92 Å². The largest absolute Gasteiger partial charge is 0.476 e. The number of thioether (sulfide) groups is 1. The Bertz CT molecular complexity index is 1520. The van der Waals surface area contributed by atoms with Gasteiger partial charge in [-0.05, 0) is 37.1 Å². The molecule has 0 unspecified atom stereocenters. The van der Waals surface area contributed by atoms with Gasteiger partial charge in [0.1, 0.15) is 0 Å². The van der Waals surface area contributed by atoms with Gasteiger partial charge in [-0.3, -0.25) is 10.1 Å². The highest BCUT2D eigenvalue weighted by atomic mass is 35.5. The van der Waals surface area contributed by atoms with Crippen LogP contribution in [0.5, 0.6) is 0 Å². The first kappa shape index (κ1) is 28.1. The third-order valence-electron chi connectivity index (χ3n) is 5.83. The van der Waals surface area contributed by atoms with Crippen LogP contribution in [0.2, 0.25) is 10.0 Å². The molecule has 2 heterocycles. The standard InChI is InChI=1S/C26H24Cl2N4O4S2/c1-14(2)10-11-37-25-22(17-8-9-19(27)20(28)13-17)29-26(38-25)31-23(24(33)34)18(15(3)30-31)12-16-6-4-5-7-21(16)32(35)36/h4-9,13-14H,10-12H2,1-3H3,(H,33,34). The van der Waals surface area contributed by atoms with E-state index < -0.39 is 10.9 Å². The van der Waals surface area contributed by atoms with Gasteiger partial charge in [0.15, 0.2) is 5.69 Å². The molecule has 2 aromatic heterocycles. The van der Waals surface area contributed by atoms with Crippen molar-refractivity contribution in [2.75, 3.05) is 5.75 Å². The fraction of sp³-hybridized carbons (Fsp3) is 0.269. The van der Waals surface area contributed by atoms with Gasteiger partial charge in [0, 0.05) is 29.2 Å². The number of aryl methyl sites for hydroxylation is 1. The number of carboxylic acid groups (broad SMARTS) is 1. The number of thiazole rings is 1. The van der Waals surface area contributed by atoms with Crippen LogP contribution in [0.25, 0.3) is 16.4 Å². The molecule has 4 aromatic rings. The monoisotopic (exact) mass is 590 g/mol. The van der Waals surface area contributed by atoms with E-state index in [1.807, 2.05) is 6.07 Å². The molecule has 0 amide bonds. The van der Waals surface area contributed by atoms with Crippen LogP contribution in [0.3, 0.4) is 0 Å². The molecule has 0 aliphatic carbocycles.